The lowest BCUT2D eigenvalue weighted by atomic mass is 10.1. The molecule has 0 bridgehead atoms. The van der Waals surface area contributed by atoms with Gasteiger partial charge in [0.25, 0.3) is 0 Å². The first-order chi connectivity index (χ1) is 15.4. The topological polar surface area (TPSA) is 106 Å². The third kappa shape index (κ3) is 6.73. The van der Waals surface area contributed by atoms with Crippen LogP contribution in [-0.4, -0.2) is 37.5 Å². The molecule has 0 saturated heterocycles. The number of ether oxygens (including phenoxy) is 2. The Bertz CT molecular complexity index is 953. The summed E-state index contributed by atoms with van der Waals surface area (Å²) < 4.78 is 11.5. The first-order valence-corrected chi connectivity index (χ1v) is 10.7. The van der Waals surface area contributed by atoms with Gasteiger partial charge < -0.3 is 25.4 Å². The SMILES string of the molecule is COc1ccc(CCNC(=O)C(=O)Nc2ccc(NC(C)=O)cc2)cc1OC1CCCC1. The minimum atomic E-state index is -0.753. The van der Waals surface area contributed by atoms with Crippen molar-refractivity contribution in [2.75, 3.05) is 24.3 Å². The Labute approximate surface area is 187 Å². The van der Waals surface area contributed by atoms with E-state index in [1.165, 1.54) is 19.8 Å². The molecule has 1 saturated carbocycles. The summed E-state index contributed by atoms with van der Waals surface area (Å²) in [6, 6.07) is 12.2. The van der Waals surface area contributed by atoms with Crippen molar-refractivity contribution < 1.29 is 23.9 Å². The van der Waals surface area contributed by atoms with Gasteiger partial charge in [-0.2, -0.15) is 0 Å². The predicted octanol–water partition coefficient (Wildman–Crippen LogP) is 3.27. The zero-order valence-electron chi connectivity index (χ0n) is 18.4. The van der Waals surface area contributed by atoms with Gasteiger partial charge in [0, 0.05) is 24.8 Å². The van der Waals surface area contributed by atoms with Crippen LogP contribution < -0.4 is 25.4 Å². The molecule has 8 heteroatoms. The van der Waals surface area contributed by atoms with Crippen LogP contribution in [0.4, 0.5) is 11.4 Å². The number of methoxy groups -OCH3 is 1. The predicted molar refractivity (Wildman–Crippen MR) is 122 cm³/mol. The Hall–Kier alpha value is -3.55. The Kier molecular flexibility index (Phi) is 8.08. The van der Waals surface area contributed by atoms with E-state index in [9.17, 15) is 14.4 Å². The van der Waals surface area contributed by atoms with E-state index in [1.807, 2.05) is 18.2 Å². The molecule has 2 aromatic rings. The van der Waals surface area contributed by atoms with E-state index in [1.54, 1.807) is 31.4 Å². The van der Waals surface area contributed by atoms with Gasteiger partial charge in [-0.3, -0.25) is 14.4 Å². The second-order valence-electron chi connectivity index (χ2n) is 7.73. The summed E-state index contributed by atoms with van der Waals surface area (Å²) in [7, 11) is 1.61. The molecule has 0 atom stereocenters. The van der Waals surface area contributed by atoms with E-state index < -0.39 is 11.8 Å². The Balaban J connectivity index is 1.48. The highest BCUT2D eigenvalue weighted by Gasteiger charge is 2.19. The Morgan fingerprint density at radius 2 is 1.56 bits per heavy atom. The van der Waals surface area contributed by atoms with Gasteiger partial charge in [0.2, 0.25) is 5.91 Å². The monoisotopic (exact) mass is 439 g/mol. The zero-order chi connectivity index (χ0) is 22.9. The van der Waals surface area contributed by atoms with Crippen LogP contribution in [0, 0.1) is 0 Å². The van der Waals surface area contributed by atoms with Crippen LogP contribution in [-0.2, 0) is 20.8 Å². The van der Waals surface area contributed by atoms with Crippen molar-refractivity contribution in [3.05, 3.63) is 48.0 Å². The molecule has 1 aliphatic carbocycles. The number of rotatable bonds is 8. The van der Waals surface area contributed by atoms with Gasteiger partial charge in [0.15, 0.2) is 11.5 Å². The van der Waals surface area contributed by atoms with Crippen LogP contribution in [0.2, 0.25) is 0 Å². The van der Waals surface area contributed by atoms with Gasteiger partial charge in [-0.1, -0.05) is 6.07 Å². The largest absolute Gasteiger partial charge is 0.493 e. The van der Waals surface area contributed by atoms with Crippen LogP contribution >= 0.6 is 0 Å². The van der Waals surface area contributed by atoms with Crippen molar-refractivity contribution in [2.24, 2.45) is 0 Å². The number of benzene rings is 2. The van der Waals surface area contributed by atoms with Crippen molar-refractivity contribution in [1.29, 1.82) is 0 Å². The Morgan fingerprint density at radius 3 is 2.19 bits per heavy atom. The third-order valence-electron chi connectivity index (χ3n) is 5.19. The lowest BCUT2D eigenvalue weighted by molar-refractivity contribution is -0.136. The van der Waals surface area contributed by atoms with E-state index in [0.29, 0.717) is 35.8 Å². The summed E-state index contributed by atoms with van der Waals surface area (Å²) in [5, 5.41) is 7.80. The van der Waals surface area contributed by atoms with Gasteiger partial charge >= 0.3 is 11.8 Å². The lowest BCUT2D eigenvalue weighted by Gasteiger charge is -2.17. The molecule has 3 rings (SSSR count). The number of nitrogens with one attached hydrogen (secondary N) is 3. The standard InChI is InChI=1S/C24H29N3O5/c1-16(28)26-18-8-10-19(11-9-18)27-24(30)23(29)25-14-13-17-7-12-21(31-2)22(15-17)32-20-5-3-4-6-20/h7-12,15,20H,3-6,13-14H2,1-2H3,(H,25,29)(H,26,28)(H,27,30). The number of hydrogen-bond donors (Lipinski definition) is 3. The summed E-state index contributed by atoms with van der Waals surface area (Å²) in [4.78, 5) is 35.3. The van der Waals surface area contributed by atoms with Crippen LogP contribution in [0.1, 0.15) is 38.2 Å². The number of carbonyl (C=O) groups is 3. The molecule has 1 aliphatic rings. The number of hydrogen-bond acceptors (Lipinski definition) is 5. The van der Waals surface area contributed by atoms with Crippen LogP contribution in [0.5, 0.6) is 11.5 Å². The summed E-state index contributed by atoms with van der Waals surface area (Å²) in [5.41, 5.74) is 2.05. The molecule has 2 aromatic carbocycles. The normalized spacial score (nSPS) is 13.3. The molecule has 8 nitrogen and oxygen atoms in total. The summed E-state index contributed by atoms with van der Waals surface area (Å²) >= 11 is 0. The summed E-state index contributed by atoms with van der Waals surface area (Å²) in [6.07, 6.45) is 5.23. The van der Waals surface area contributed by atoms with Gasteiger partial charge in [-0.05, 0) is 74.1 Å². The maximum absolute atomic E-state index is 12.1. The zero-order valence-corrected chi connectivity index (χ0v) is 18.4. The first-order valence-electron chi connectivity index (χ1n) is 10.7. The highest BCUT2D eigenvalue weighted by molar-refractivity contribution is 6.39. The van der Waals surface area contributed by atoms with Crippen LogP contribution in [0.15, 0.2) is 42.5 Å². The van der Waals surface area contributed by atoms with Crippen molar-refractivity contribution in [2.45, 2.75) is 45.1 Å². The fraction of sp³-hybridized carbons (Fsp3) is 0.375. The average Bonchev–Trinajstić information content (AvgIpc) is 3.28. The molecule has 1 fully saturated rings. The molecule has 3 amide bonds. The van der Waals surface area contributed by atoms with Crippen molar-refractivity contribution >= 4 is 29.1 Å². The van der Waals surface area contributed by atoms with Crippen molar-refractivity contribution in [3.8, 4) is 11.5 Å². The second-order valence-corrected chi connectivity index (χ2v) is 7.73. The van der Waals surface area contributed by atoms with Gasteiger partial charge in [0.05, 0.1) is 13.2 Å². The highest BCUT2D eigenvalue weighted by Crippen LogP contribution is 2.32. The molecule has 0 aliphatic heterocycles. The van der Waals surface area contributed by atoms with Gasteiger partial charge in [0.1, 0.15) is 0 Å². The van der Waals surface area contributed by atoms with E-state index in [-0.39, 0.29) is 12.0 Å². The maximum Gasteiger partial charge on any atom is 0.313 e. The summed E-state index contributed by atoms with van der Waals surface area (Å²) in [6.45, 7) is 1.72. The number of amides is 3. The molecular formula is C24H29N3O5. The molecule has 0 aromatic heterocycles. The maximum atomic E-state index is 12.1. The lowest BCUT2D eigenvalue weighted by Crippen LogP contribution is -2.36. The molecule has 3 N–H and O–H groups in total. The fourth-order valence-corrected chi connectivity index (χ4v) is 3.58. The van der Waals surface area contributed by atoms with Crippen molar-refractivity contribution in [1.82, 2.24) is 5.32 Å². The minimum Gasteiger partial charge on any atom is -0.493 e. The molecule has 0 radical (unpaired) electrons. The van der Waals surface area contributed by atoms with E-state index in [4.69, 9.17) is 9.47 Å². The average molecular weight is 440 g/mol. The fourth-order valence-electron chi connectivity index (χ4n) is 3.58. The summed E-state index contributed by atoms with van der Waals surface area (Å²) in [5.74, 6) is -0.253. The molecule has 170 valence electrons. The minimum absolute atomic E-state index is 0.185. The van der Waals surface area contributed by atoms with Gasteiger partial charge in [-0.15, -0.1) is 0 Å². The quantitative estimate of drug-likeness (QED) is 0.548. The molecule has 0 unspecified atom stereocenters. The van der Waals surface area contributed by atoms with E-state index in [0.717, 1.165) is 18.4 Å². The van der Waals surface area contributed by atoms with E-state index in [2.05, 4.69) is 16.0 Å². The molecule has 32 heavy (non-hydrogen) atoms. The van der Waals surface area contributed by atoms with Crippen LogP contribution in [0.3, 0.4) is 0 Å². The third-order valence-corrected chi connectivity index (χ3v) is 5.19. The smallest absolute Gasteiger partial charge is 0.313 e. The van der Waals surface area contributed by atoms with Gasteiger partial charge in [-0.25, -0.2) is 0 Å². The number of carbonyl (C=O) groups excluding carboxylic acids is 3. The van der Waals surface area contributed by atoms with E-state index >= 15 is 0 Å². The first kappa shape index (κ1) is 23.1. The molecule has 0 heterocycles. The van der Waals surface area contributed by atoms with Crippen molar-refractivity contribution in [3.63, 3.8) is 0 Å². The molecule has 0 spiro atoms. The Morgan fingerprint density at radius 1 is 0.906 bits per heavy atom. The van der Waals surface area contributed by atoms with Crippen LogP contribution in [0.25, 0.3) is 0 Å². The number of anilines is 2. The highest BCUT2D eigenvalue weighted by atomic mass is 16.5. The molecular weight excluding hydrogens is 410 g/mol. The second kappa shape index (κ2) is 11.2.